The van der Waals surface area contributed by atoms with Gasteiger partial charge in [-0.05, 0) is 0 Å². The monoisotopic (exact) mass is 253 g/mol. The highest BCUT2D eigenvalue weighted by Gasteiger charge is 2.11. The van der Waals surface area contributed by atoms with Crippen LogP contribution >= 0.6 is 0 Å². The molecule has 0 bridgehead atoms. The van der Waals surface area contributed by atoms with Crippen molar-refractivity contribution in [3.63, 3.8) is 0 Å². The van der Waals surface area contributed by atoms with Gasteiger partial charge in [0, 0.05) is 18.1 Å². The quantitative estimate of drug-likeness (QED) is 0.652. The summed E-state index contributed by atoms with van der Waals surface area (Å²) in [6.07, 6.45) is 0. The lowest BCUT2D eigenvalue weighted by molar-refractivity contribution is -0.117. The van der Waals surface area contributed by atoms with Gasteiger partial charge in [-0.2, -0.15) is 0 Å². The molecule has 2 aromatic rings. The molecule has 0 spiro atoms. The number of aliphatic hydroxyl groups excluding tert-OH is 1. The molecule has 0 aliphatic carbocycles. The van der Waals surface area contributed by atoms with Crippen LogP contribution in [0.25, 0.3) is 11.5 Å². The van der Waals surface area contributed by atoms with E-state index >= 15 is 0 Å². The van der Waals surface area contributed by atoms with Crippen molar-refractivity contribution in [1.29, 1.82) is 0 Å². The molecule has 19 heavy (non-hydrogen) atoms. The molecule has 0 heterocycles. The van der Waals surface area contributed by atoms with Gasteiger partial charge in [-0.15, -0.1) is 0 Å². The van der Waals surface area contributed by atoms with Crippen LogP contribution in [0.4, 0.5) is 0 Å². The summed E-state index contributed by atoms with van der Waals surface area (Å²) in [6, 6.07) is 18.4. The number of nitrogens with one attached hydrogen (secondary N) is 1. The first kappa shape index (κ1) is 12.9. The highest BCUT2D eigenvalue weighted by molar-refractivity contribution is 5.94. The third-order valence-electron chi connectivity index (χ3n) is 2.65. The molecule has 0 aliphatic heterocycles. The van der Waals surface area contributed by atoms with E-state index in [9.17, 15) is 9.90 Å². The van der Waals surface area contributed by atoms with E-state index in [1.165, 1.54) is 6.92 Å². The zero-order chi connectivity index (χ0) is 13.7. The molecule has 0 unspecified atom stereocenters. The van der Waals surface area contributed by atoms with Crippen molar-refractivity contribution in [3.05, 3.63) is 71.8 Å². The Morgan fingerprint density at radius 2 is 1.37 bits per heavy atom. The first-order chi connectivity index (χ1) is 9.18. The summed E-state index contributed by atoms with van der Waals surface area (Å²) >= 11 is 0. The number of benzene rings is 2. The van der Waals surface area contributed by atoms with E-state index in [1.807, 2.05) is 48.5 Å². The molecular formula is C16H15NO2. The fraction of sp³-hybridized carbons (Fsp3) is 0.0625. The molecule has 0 saturated heterocycles. The molecule has 0 radical (unpaired) electrons. The van der Waals surface area contributed by atoms with Crippen LogP contribution in [0, 0.1) is 0 Å². The van der Waals surface area contributed by atoms with Crippen LogP contribution in [0.5, 0.6) is 0 Å². The lowest BCUT2D eigenvalue weighted by Gasteiger charge is -2.12. The van der Waals surface area contributed by atoms with Gasteiger partial charge >= 0.3 is 0 Å². The number of carbonyl (C=O) groups excluding carboxylic acids is 1. The maximum atomic E-state index is 11.3. The molecule has 2 rings (SSSR count). The van der Waals surface area contributed by atoms with Crippen LogP contribution in [0.3, 0.4) is 0 Å². The van der Waals surface area contributed by atoms with Gasteiger partial charge < -0.3 is 10.4 Å². The Kier molecular flexibility index (Phi) is 3.98. The van der Waals surface area contributed by atoms with Gasteiger partial charge in [0.1, 0.15) is 5.76 Å². The zero-order valence-corrected chi connectivity index (χ0v) is 10.6. The first-order valence-electron chi connectivity index (χ1n) is 6.00. The van der Waals surface area contributed by atoms with Crippen LogP contribution in [-0.2, 0) is 4.79 Å². The summed E-state index contributed by atoms with van der Waals surface area (Å²) in [4.78, 5) is 11.3. The molecule has 0 saturated carbocycles. The minimum Gasteiger partial charge on any atom is -0.505 e. The van der Waals surface area contributed by atoms with Crippen LogP contribution in [0.15, 0.2) is 60.7 Å². The maximum Gasteiger partial charge on any atom is 0.221 e. The molecule has 2 N–H and O–H groups in total. The number of aliphatic hydroxyl groups is 1. The molecule has 3 heteroatoms. The maximum absolute atomic E-state index is 11.3. The summed E-state index contributed by atoms with van der Waals surface area (Å²) in [5.74, 6) is -0.164. The van der Waals surface area contributed by atoms with Crippen LogP contribution in [0.1, 0.15) is 18.1 Å². The van der Waals surface area contributed by atoms with Crippen molar-refractivity contribution in [1.82, 2.24) is 5.32 Å². The highest BCUT2D eigenvalue weighted by Crippen LogP contribution is 2.21. The van der Waals surface area contributed by atoms with Gasteiger partial charge in [-0.25, -0.2) is 0 Å². The predicted octanol–water partition coefficient (Wildman–Crippen LogP) is 3.21. The van der Waals surface area contributed by atoms with Gasteiger partial charge in [-0.1, -0.05) is 60.7 Å². The van der Waals surface area contributed by atoms with Crippen molar-refractivity contribution >= 4 is 17.4 Å². The average Bonchev–Trinajstić information content (AvgIpc) is 2.46. The number of hydrogen-bond donors (Lipinski definition) is 2. The number of rotatable bonds is 3. The fourth-order valence-electron chi connectivity index (χ4n) is 1.79. The molecule has 3 nitrogen and oxygen atoms in total. The molecule has 1 amide bonds. The van der Waals surface area contributed by atoms with Crippen molar-refractivity contribution in [2.75, 3.05) is 0 Å². The Morgan fingerprint density at radius 1 is 0.895 bits per heavy atom. The second kappa shape index (κ2) is 5.87. The van der Waals surface area contributed by atoms with Gasteiger partial charge in [0.25, 0.3) is 0 Å². The number of amides is 1. The van der Waals surface area contributed by atoms with Crippen molar-refractivity contribution in [3.8, 4) is 0 Å². The van der Waals surface area contributed by atoms with Gasteiger partial charge in [0.2, 0.25) is 5.91 Å². The summed E-state index contributed by atoms with van der Waals surface area (Å²) in [7, 11) is 0. The first-order valence-corrected chi connectivity index (χ1v) is 6.00. The van der Waals surface area contributed by atoms with Gasteiger partial charge in [-0.3, -0.25) is 4.79 Å². The Hall–Kier alpha value is -2.55. The molecule has 0 atom stereocenters. The van der Waals surface area contributed by atoms with E-state index in [4.69, 9.17) is 0 Å². The Labute approximate surface area is 112 Å². The second-order valence-corrected chi connectivity index (χ2v) is 4.14. The van der Waals surface area contributed by atoms with Crippen LogP contribution in [0.2, 0.25) is 0 Å². The molecule has 0 aromatic heterocycles. The SMILES string of the molecule is CC(=O)N/C(=C(/O)c1ccccc1)c1ccccc1. The summed E-state index contributed by atoms with van der Waals surface area (Å²) < 4.78 is 0. The lowest BCUT2D eigenvalue weighted by atomic mass is 10.1. The molecule has 2 aromatic carbocycles. The van der Waals surface area contributed by atoms with E-state index in [0.29, 0.717) is 11.3 Å². The van der Waals surface area contributed by atoms with Gasteiger partial charge in [0.05, 0.1) is 5.70 Å². The van der Waals surface area contributed by atoms with Crippen LogP contribution in [-0.4, -0.2) is 11.0 Å². The number of carbonyl (C=O) groups is 1. The lowest BCUT2D eigenvalue weighted by Crippen LogP contribution is -2.19. The fourth-order valence-corrected chi connectivity index (χ4v) is 1.79. The van der Waals surface area contributed by atoms with E-state index in [0.717, 1.165) is 5.56 Å². The topological polar surface area (TPSA) is 49.3 Å². The number of hydrogen-bond acceptors (Lipinski definition) is 2. The smallest absolute Gasteiger partial charge is 0.221 e. The van der Waals surface area contributed by atoms with Gasteiger partial charge in [0.15, 0.2) is 0 Å². The third-order valence-corrected chi connectivity index (χ3v) is 2.65. The minimum atomic E-state index is -0.221. The second-order valence-electron chi connectivity index (χ2n) is 4.14. The standard InChI is InChI=1S/C16H15NO2/c1-12(18)17-15(13-8-4-2-5-9-13)16(19)14-10-6-3-7-11-14/h2-11,19H,1H3,(H,17,18)/b16-15+. The van der Waals surface area contributed by atoms with E-state index < -0.39 is 0 Å². The van der Waals surface area contributed by atoms with E-state index in [2.05, 4.69) is 5.32 Å². The normalized spacial score (nSPS) is 11.6. The van der Waals surface area contributed by atoms with E-state index in [1.54, 1.807) is 12.1 Å². The summed E-state index contributed by atoms with van der Waals surface area (Å²) in [6.45, 7) is 1.42. The Bertz CT molecular complexity index is 589. The third kappa shape index (κ3) is 3.22. The minimum absolute atomic E-state index is 0.0574. The van der Waals surface area contributed by atoms with Crippen molar-refractivity contribution in [2.45, 2.75) is 6.92 Å². The highest BCUT2D eigenvalue weighted by atomic mass is 16.3. The molecular weight excluding hydrogens is 238 g/mol. The Morgan fingerprint density at radius 3 is 1.84 bits per heavy atom. The van der Waals surface area contributed by atoms with Crippen molar-refractivity contribution in [2.24, 2.45) is 0 Å². The molecule has 0 aliphatic rings. The summed E-state index contributed by atoms with van der Waals surface area (Å²) in [5, 5.41) is 13.0. The zero-order valence-electron chi connectivity index (χ0n) is 10.6. The predicted molar refractivity (Wildman–Crippen MR) is 76.1 cm³/mol. The molecule has 0 fully saturated rings. The molecule has 96 valence electrons. The van der Waals surface area contributed by atoms with E-state index in [-0.39, 0.29) is 11.7 Å². The average molecular weight is 253 g/mol. The van der Waals surface area contributed by atoms with Crippen LogP contribution < -0.4 is 5.32 Å². The Balaban J connectivity index is 2.51. The largest absolute Gasteiger partial charge is 0.505 e. The van der Waals surface area contributed by atoms with Crippen molar-refractivity contribution < 1.29 is 9.90 Å². The summed E-state index contributed by atoms with van der Waals surface area (Å²) in [5.41, 5.74) is 1.84.